The summed E-state index contributed by atoms with van der Waals surface area (Å²) in [5.74, 6) is 1.84. The molecular weight excluding hydrogens is 422 g/mol. The molecule has 6 nitrogen and oxygen atoms in total. The zero-order valence-corrected chi connectivity index (χ0v) is 17.8. The lowest BCUT2D eigenvalue weighted by Gasteiger charge is -2.14. The smallest absolute Gasteiger partial charge is 0.287 e. The molecule has 1 N–H and O–H groups in total. The lowest BCUT2D eigenvalue weighted by atomic mass is 10.0. The molecule has 28 heavy (non-hydrogen) atoms. The van der Waals surface area contributed by atoms with E-state index in [1.807, 2.05) is 19.2 Å². The van der Waals surface area contributed by atoms with Gasteiger partial charge in [-0.15, -0.1) is 0 Å². The van der Waals surface area contributed by atoms with Gasteiger partial charge in [-0.2, -0.15) is 5.10 Å². The van der Waals surface area contributed by atoms with Crippen molar-refractivity contribution in [3.8, 4) is 5.75 Å². The molecule has 2 heterocycles. The number of furan rings is 1. The fourth-order valence-electron chi connectivity index (χ4n) is 2.80. The van der Waals surface area contributed by atoms with E-state index in [0.717, 1.165) is 21.3 Å². The third kappa shape index (κ3) is 5.25. The fourth-order valence-corrected chi connectivity index (χ4v) is 3.13. The van der Waals surface area contributed by atoms with Gasteiger partial charge in [-0.05, 0) is 58.1 Å². The van der Waals surface area contributed by atoms with Gasteiger partial charge in [0.15, 0.2) is 5.76 Å². The van der Waals surface area contributed by atoms with Gasteiger partial charge in [0.2, 0.25) is 0 Å². The van der Waals surface area contributed by atoms with Crippen LogP contribution in [0.15, 0.2) is 51.6 Å². The maximum atomic E-state index is 12.2. The van der Waals surface area contributed by atoms with Gasteiger partial charge in [-0.3, -0.25) is 9.48 Å². The van der Waals surface area contributed by atoms with Crippen molar-refractivity contribution in [1.82, 2.24) is 15.1 Å². The number of benzene rings is 1. The molecule has 0 fully saturated rings. The highest BCUT2D eigenvalue weighted by molar-refractivity contribution is 9.10. The van der Waals surface area contributed by atoms with Crippen molar-refractivity contribution in [2.75, 3.05) is 6.54 Å². The highest BCUT2D eigenvalue weighted by atomic mass is 79.9. The normalized spacial score (nSPS) is 11.0. The number of ether oxygens (including phenoxy) is 1. The summed E-state index contributed by atoms with van der Waals surface area (Å²) >= 11 is 3.34. The number of halogens is 1. The zero-order valence-electron chi connectivity index (χ0n) is 16.2. The Hall–Kier alpha value is -2.54. The molecule has 3 aromatic rings. The van der Waals surface area contributed by atoms with Gasteiger partial charge >= 0.3 is 0 Å². The molecule has 1 amide bonds. The van der Waals surface area contributed by atoms with Crippen molar-refractivity contribution < 1.29 is 13.9 Å². The SMILES string of the molecule is Cc1ccc(C(C)C)c(OCc2ccc(C(=O)NCCn3cc(Br)cn3)o2)c1. The Balaban J connectivity index is 1.54. The number of rotatable bonds is 8. The number of aryl methyl sites for hydroxylation is 1. The number of nitrogens with zero attached hydrogens (tertiary/aromatic N) is 2. The van der Waals surface area contributed by atoms with Crippen LogP contribution in [0.25, 0.3) is 0 Å². The van der Waals surface area contributed by atoms with Crippen LogP contribution < -0.4 is 10.1 Å². The largest absolute Gasteiger partial charge is 0.485 e. The molecule has 2 aromatic heterocycles. The van der Waals surface area contributed by atoms with Gasteiger partial charge in [0.1, 0.15) is 18.1 Å². The molecule has 0 aliphatic heterocycles. The number of hydrogen-bond donors (Lipinski definition) is 1. The topological polar surface area (TPSA) is 69.3 Å². The Morgan fingerprint density at radius 2 is 2.14 bits per heavy atom. The average Bonchev–Trinajstić information content (AvgIpc) is 3.29. The van der Waals surface area contributed by atoms with Crippen LogP contribution in [0.1, 0.15) is 47.2 Å². The number of carbonyl (C=O) groups excluding carboxylic acids is 1. The van der Waals surface area contributed by atoms with E-state index in [-0.39, 0.29) is 18.3 Å². The summed E-state index contributed by atoms with van der Waals surface area (Å²) < 4.78 is 14.3. The van der Waals surface area contributed by atoms with Crippen molar-refractivity contribution in [3.63, 3.8) is 0 Å². The van der Waals surface area contributed by atoms with Crippen LogP contribution in [0.2, 0.25) is 0 Å². The molecule has 0 unspecified atom stereocenters. The van der Waals surface area contributed by atoms with Crippen molar-refractivity contribution in [1.29, 1.82) is 0 Å². The molecule has 0 aliphatic carbocycles. The van der Waals surface area contributed by atoms with Crippen LogP contribution in [0.4, 0.5) is 0 Å². The highest BCUT2D eigenvalue weighted by Crippen LogP contribution is 2.28. The molecule has 0 saturated carbocycles. The van der Waals surface area contributed by atoms with E-state index >= 15 is 0 Å². The number of amides is 1. The van der Waals surface area contributed by atoms with Crippen molar-refractivity contribution in [3.05, 3.63) is 69.8 Å². The molecule has 0 bridgehead atoms. The minimum Gasteiger partial charge on any atom is -0.485 e. The van der Waals surface area contributed by atoms with E-state index in [2.05, 4.69) is 52.3 Å². The first-order chi connectivity index (χ1) is 13.4. The molecule has 148 valence electrons. The van der Waals surface area contributed by atoms with E-state index < -0.39 is 0 Å². The fraction of sp³-hybridized carbons (Fsp3) is 0.333. The van der Waals surface area contributed by atoms with Crippen LogP contribution in [0, 0.1) is 6.92 Å². The van der Waals surface area contributed by atoms with Crippen LogP contribution in [0.5, 0.6) is 5.75 Å². The van der Waals surface area contributed by atoms with Crippen LogP contribution in [-0.4, -0.2) is 22.2 Å². The molecule has 0 radical (unpaired) electrons. The second kappa shape index (κ2) is 9.10. The standard InChI is InChI=1S/C21H24BrN3O3/c1-14(2)18-6-4-15(3)10-20(18)27-13-17-5-7-19(28-17)21(26)23-8-9-25-12-16(22)11-24-25/h4-7,10-12,14H,8-9,13H2,1-3H3,(H,23,26). The zero-order chi connectivity index (χ0) is 20.1. The van der Waals surface area contributed by atoms with Crippen LogP contribution in [-0.2, 0) is 13.2 Å². The molecule has 0 spiro atoms. The van der Waals surface area contributed by atoms with Gasteiger partial charge in [0.05, 0.1) is 17.2 Å². The number of carbonyl (C=O) groups is 1. The highest BCUT2D eigenvalue weighted by Gasteiger charge is 2.13. The summed E-state index contributed by atoms with van der Waals surface area (Å²) in [6, 6.07) is 9.63. The molecular formula is C21H24BrN3O3. The van der Waals surface area contributed by atoms with E-state index in [4.69, 9.17) is 9.15 Å². The number of aromatic nitrogens is 2. The predicted octanol–water partition coefficient (Wildman–Crippen LogP) is 4.68. The van der Waals surface area contributed by atoms with E-state index in [9.17, 15) is 4.79 Å². The summed E-state index contributed by atoms with van der Waals surface area (Å²) in [7, 11) is 0. The van der Waals surface area contributed by atoms with E-state index in [0.29, 0.717) is 24.8 Å². The first-order valence-electron chi connectivity index (χ1n) is 9.20. The van der Waals surface area contributed by atoms with Gasteiger partial charge in [0.25, 0.3) is 5.91 Å². The lowest BCUT2D eigenvalue weighted by molar-refractivity contribution is 0.0920. The summed E-state index contributed by atoms with van der Waals surface area (Å²) in [5, 5.41) is 6.97. The quantitative estimate of drug-likeness (QED) is 0.546. The summed E-state index contributed by atoms with van der Waals surface area (Å²) in [6.45, 7) is 7.62. The van der Waals surface area contributed by atoms with Crippen molar-refractivity contribution in [2.24, 2.45) is 0 Å². The monoisotopic (exact) mass is 445 g/mol. The summed E-state index contributed by atoms with van der Waals surface area (Å²) in [6.07, 6.45) is 3.56. The Labute approximate surface area is 173 Å². The van der Waals surface area contributed by atoms with E-state index in [1.54, 1.807) is 23.0 Å². The van der Waals surface area contributed by atoms with Gasteiger partial charge in [0, 0.05) is 12.7 Å². The molecule has 0 aliphatic rings. The predicted molar refractivity (Wildman–Crippen MR) is 111 cm³/mol. The molecule has 0 atom stereocenters. The Kier molecular flexibility index (Phi) is 6.57. The van der Waals surface area contributed by atoms with Gasteiger partial charge in [-0.1, -0.05) is 26.0 Å². The first-order valence-corrected chi connectivity index (χ1v) is 10.00. The third-order valence-electron chi connectivity index (χ3n) is 4.27. The molecule has 0 saturated heterocycles. The van der Waals surface area contributed by atoms with Crippen LogP contribution in [0.3, 0.4) is 0 Å². The Bertz CT molecular complexity index is 946. The number of nitrogens with one attached hydrogen (secondary N) is 1. The Morgan fingerprint density at radius 1 is 1.32 bits per heavy atom. The Morgan fingerprint density at radius 3 is 2.86 bits per heavy atom. The maximum absolute atomic E-state index is 12.2. The van der Waals surface area contributed by atoms with Crippen LogP contribution >= 0.6 is 15.9 Å². The number of hydrogen-bond acceptors (Lipinski definition) is 4. The van der Waals surface area contributed by atoms with Crippen molar-refractivity contribution >= 4 is 21.8 Å². The molecule has 3 rings (SSSR count). The van der Waals surface area contributed by atoms with Gasteiger partial charge < -0.3 is 14.5 Å². The summed E-state index contributed by atoms with van der Waals surface area (Å²) in [4.78, 5) is 12.2. The summed E-state index contributed by atoms with van der Waals surface area (Å²) in [5.41, 5.74) is 2.29. The minimum absolute atomic E-state index is 0.254. The third-order valence-corrected chi connectivity index (χ3v) is 4.68. The van der Waals surface area contributed by atoms with Crippen molar-refractivity contribution in [2.45, 2.75) is 39.8 Å². The average molecular weight is 446 g/mol. The van der Waals surface area contributed by atoms with Gasteiger partial charge in [-0.25, -0.2) is 0 Å². The molecule has 1 aromatic carbocycles. The first kappa shape index (κ1) is 20.2. The second-order valence-corrected chi connectivity index (χ2v) is 7.84. The second-order valence-electron chi connectivity index (χ2n) is 6.93. The minimum atomic E-state index is -0.254. The lowest BCUT2D eigenvalue weighted by Crippen LogP contribution is -2.27. The maximum Gasteiger partial charge on any atom is 0.287 e. The molecule has 7 heteroatoms. The van der Waals surface area contributed by atoms with E-state index in [1.165, 1.54) is 0 Å².